The quantitative estimate of drug-likeness (QED) is 0.163. The summed E-state index contributed by atoms with van der Waals surface area (Å²) < 4.78 is 5.31. The van der Waals surface area contributed by atoms with Crippen LogP contribution < -0.4 is 20.6 Å². The van der Waals surface area contributed by atoms with Crippen LogP contribution >= 0.6 is 22.7 Å². The molecule has 0 atom stereocenters. The maximum atomic E-state index is 2.74. The second-order valence-corrected chi connectivity index (χ2v) is 23.7. The molecule has 0 bridgehead atoms. The van der Waals surface area contributed by atoms with Gasteiger partial charge in [0.25, 0.3) is 0 Å². The molecular weight excluding hydrogens is 884 g/mol. The van der Waals surface area contributed by atoms with Crippen LogP contribution in [-0.2, 0) is 10.8 Å². The molecule has 5 heteroatoms. The Bertz CT molecular complexity index is 4220. The van der Waals surface area contributed by atoms with Gasteiger partial charge in [0.1, 0.15) is 0 Å². The van der Waals surface area contributed by atoms with Crippen molar-refractivity contribution in [2.45, 2.75) is 58.3 Å². The molecular formula is C65H49BN2S2. The molecule has 3 aliphatic rings. The number of thiophene rings is 2. The zero-order valence-electron chi connectivity index (χ0n) is 40.0. The molecule has 0 radical (unpaired) electrons. The highest BCUT2D eigenvalue weighted by Crippen LogP contribution is 2.57. The van der Waals surface area contributed by atoms with E-state index < -0.39 is 0 Å². The standard InChI is InChI=1S/C65H49BN2S2/c1-38-31-50-51(65(4,5)30-29-64(50,2)3)37-54(38)67-55-34-43-19-11-10-18-42(43)33-52(55)66-61-49(36-47-46-21-13-14-22-56(46)70-63(47)62(61)67)59-53(68(66)45-25-23-40(24-26-45)39-15-7-6-8-16-39)27-28-57-60(59)48-32-41-17-9-12-20-44(41)35-58(48)69-57/h6-28,31-37H,29-30H2,1-5H3. The SMILES string of the molecule is Cc1cc2c(cc1N1c3cc4ccccc4cc3B3c4c(cc5c(sc6ccccc65)c41)-c1c(ccc4sc5cc6ccccc6cc5c14)N3c1ccc(-c3ccccc3)cc1)C(C)(C)CCC2(C)C. The van der Waals surface area contributed by atoms with E-state index in [4.69, 9.17) is 0 Å². The van der Waals surface area contributed by atoms with Gasteiger partial charge in [0.05, 0.1) is 10.4 Å². The summed E-state index contributed by atoms with van der Waals surface area (Å²) in [7, 11) is 0. The lowest BCUT2D eigenvalue weighted by Gasteiger charge is -2.47. The van der Waals surface area contributed by atoms with Crippen molar-refractivity contribution >= 4 is 131 Å². The first kappa shape index (κ1) is 40.7. The van der Waals surface area contributed by atoms with Gasteiger partial charge in [-0.2, -0.15) is 0 Å². The number of benzene rings is 10. The van der Waals surface area contributed by atoms with Crippen molar-refractivity contribution < 1.29 is 0 Å². The maximum absolute atomic E-state index is 2.74. The summed E-state index contributed by atoms with van der Waals surface area (Å²) in [6, 6.07) is 69.8. The minimum absolute atomic E-state index is 0.0400. The van der Waals surface area contributed by atoms with Gasteiger partial charge in [0.15, 0.2) is 0 Å². The van der Waals surface area contributed by atoms with Crippen LogP contribution in [0, 0.1) is 6.92 Å². The van der Waals surface area contributed by atoms with Gasteiger partial charge in [0.2, 0.25) is 0 Å². The van der Waals surface area contributed by atoms with E-state index in [0.29, 0.717) is 0 Å². The van der Waals surface area contributed by atoms with Crippen molar-refractivity contribution in [1.29, 1.82) is 0 Å². The van der Waals surface area contributed by atoms with Gasteiger partial charge < -0.3 is 9.71 Å². The summed E-state index contributed by atoms with van der Waals surface area (Å²) in [4.78, 5) is 5.46. The molecule has 0 spiro atoms. The van der Waals surface area contributed by atoms with Gasteiger partial charge in [-0.15, -0.1) is 22.7 Å². The third kappa shape index (κ3) is 5.68. The molecule has 1 aliphatic carbocycles. The Morgan fingerprint density at radius 1 is 0.486 bits per heavy atom. The first-order chi connectivity index (χ1) is 34.1. The Kier molecular flexibility index (Phi) is 8.40. The van der Waals surface area contributed by atoms with Gasteiger partial charge in [0, 0.05) is 64.0 Å². The number of rotatable bonds is 3. The van der Waals surface area contributed by atoms with E-state index in [9.17, 15) is 0 Å². The smallest absolute Gasteiger partial charge is 0.333 e. The number of hydrogen-bond donors (Lipinski definition) is 0. The average molecular weight is 933 g/mol. The second kappa shape index (κ2) is 14.4. The summed E-state index contributed by atoms with van der Waals surface area (Å²) in [6.45, 7) is 12.1. The molecule has 70 heavy (non-hydrogen) atoms. The maximum Gasteiger partial charge on any atom is 0.333 e. The first-order valence-corrected chi connectivity index (χ1v) is 26.5. The van der Waals surface area contributed by atoms with Crippen LogP contribution in [0.25, 0.3) is 84.1 Å². The summed E-state index contributed by atoms with van der Waals surface area (Å²) in [5.41, 5.74) is 18.5. The fourth-order valence-corrected chi connectivity index (χ4v) is 15.2. The molecule has 0 amide bonds. The minimum Gasteiger partial charge on any atom is -0.376 e. The van der Waals surface area contributed by atoms with E-state index in [1.165, 1.54) is 147 Å². The third-order valence-corrected chi connectivity index (χ3v) is 18.9. The molecule has 10 aromatic carbocycles. The zero-order valence-corrected chi connectivity index (χ0v) is 41.7. The molecule has 15 rings (SSSR count). The molecule has 0 unspecified atom stereocenters. The Morgan fingerprint density at radius 3 is 1.89 bits per heavy atom. The predicted octanol–water partition coefficient (Wildman–Crippen LogP) is 17.8. The molecule has 0 N–H and O–H groups in total. The van der Waals surface area contributed by atoms with Crippen molar-refractivity contribution in [2.75, 3.05) is 9.71 Å². The van der Waals surface area contributed by atoms with Crippen LogP contribution in [0.4, 0.5) is 28.4 Å². The number of anilines is 5. The zero-order chi connectivity index (χ0) is 46.8. The fourth-order valence-electron chi connectivity index (χ4n) is 12.9. The van der Waals surface area contributed by atoms with Crippen LogP contribution in [0.3, 0.4) is 0 Å². The number of hydrogen-bond acceptors (Lipinski definition) is 4. The molecule has 0 saturated heterocycles. The van der Waals surface area contributed by atoms with Crippen LogP contribution in [0.2, 0.25) is 0 Å². The lowest BCUT2D eigenvalue weighted by Crippen LogP contribution is -2.61. The molecule has 2 nitrogen and oxygen atoms in total. The van der Waals surface area contributed by atoms with Gasteiger partial charge in [-0.25, -0.2) is 0 Å². The number of nitrogens with zero attached hydrogens (tertiary/aromatic N) is 2. The highest BCUT2D eigenvalue weighted by molar-refractivity contribution is 7.27. The second-order valence-electron chi connectivity index (χ2n) is 21.5. The Labute approximate surface area is 417 Å². The van der Waals surface area contributed by atoms with Crippen LogP contribution in [0.15, 0.2) is 182 Å². The third-order valence-electron chi connectivity index (χ3n) is 16.5. The molecule has 0 saturated carbocycles. The monoisotopic (exact) mass is 932 g/mol. The van der Waals surface area contributed by atoms with Gasteiger partial charge in [-0.05, 0) is 157 Å². The van der Waals surface area contributed by atoms with Gasteiger partial charge >= 0.3 is 6.85 Å². The van der Waals surface area contributed by atoms with E-state index in [1.807, 2.05) is 22.7 Å². The summed E-state index contributed by atoms with van der Waals surface area (Å²) in [6.07, 6.45) is 2.35. The van der Waals surface area contributed by atoms with Crippen molar-refractivity contribution in [3.63, 3.8) is 0 Å². The van der Waals surface area contributed by atoms with Gasteiger partial charge in [-0.3, -0.25) is 0 Å². The van der Waals surface area contributed by atoms with Crippen LogP contribution in [0.5, 0.6) is 0 Å². The predicted molar refractivity (Wildman–Crippen MR) is 306 cm³/mol. The van der Waals surface area contributed by atoms with Crippen molar-refractivity contribution in [3.8, 4) is 22.3 Å². The summed E-state index contributed by atoms with van der Waals surface area (Å²) >= 11 is 3.89. The normalized spacial score (nSPS) is 15.5. The lowest BCUT2D eigenvalue weighted by molar-refractivity contribution is 0.332. The van der Waals surface area contributed by atoms with E-state index in [-0.39, 0.29) is 17.7 Å². The highest BCUT2D eigenvalue weighted by atomic mass is 32.1. The van der Waals surface area contributed by atoms with Gasteiger partial charge in [-0.1, -0.05) is 149 Å². The Balaban J connectivity index is 1.13. The molecule has 2 aromatic heterocycles. The molecule has 334 valence electrons. The van der Waals surface area contributed by atoms with Crippen molar-refractivity contribution in [3.05, 3.63) is 199 Å². The average Bonchev–Trinajstić information content (AvgIpc) is 3.95. The lowest BCUT2D eigenvalue weighted by atomic mass is 9.43. The molecule has 12 aromatic rings. The molecule has 4 heterocycles. The number of aryl methyl sites for hydroxylation is 1. The van der Waals surface area contributed by atoms with E-state index in [2.05, 4.69) is 226 Å². The highest BCUT2D eigenvalue weighted by Gasteiger charge is 2.48. The van der Waals surface area contributed by atoms with E-state index in [1.54, 1.807) is 0 Å². The summed E-state index contributed by atoms with van der Waals surface area (Å²) in [5, 5.41) is 10.4. The largest absolute Gasteiger partial charge is 0.376 e. The van der Waals surface area contributed by atoms with Crippen molar-refractivity contribution in [1.82, 2.24) is 0 Å². The van der Waals surface area contributed by atoms with Crippen LogP contribution in [-0.4, -0.2) is 6.85 Å². The fraction of sp³-hybridized carbons (Fsp3) is 0.138. The Hall–Kier alpha value is -7.18. The minimum atomic E-state index is -0.123. The first-order valence-electron chi connectivity index (χ1n) is 24.9. The topological polar surface area (TPSA) is 6.48 Å². The number of fused-ring (bicyclic) bond motifs is 15. The molecule has 0 fully saturated rings. The summed E-state index contributed by atoms with van der Waals surface area (Å²) in [5.74, 6) is 0. The van der Waals surface area contributed by atoms with Crippen molar-refractivity contribution in [2.24, 2.45) is 0 Å². The van der Waals surface area contributed by atoms with Crippen LogP contribution in [0.1, 0.15) is 57.2 Å². The van der Waals surface area contributed by atoms with E-state index in [0.717, 1.165) is 6.42 Å². The van der Waals surface area contributed by atoms with E-state index >= 15 is 0 Å². The molecule has 2 aliphatic heterocycles. The Morgan fingerprint density at radius 2 is 1.13 bits per heavy atom.